The predicted molar refractivity (Wildman–Crippen MR) is 65.9 cm³/mol. The third-order valence-electron chi connectivity index (χ3n) is 2.90. The Morgan fingerprint density at radius 1 is 1.50 bits per heavy atom. The number of amides is 1. The maximum Gasteiger partial charge on any atom is 0.257 e. The minimum absolute atomic E-state index is 0.103. The van der Waals surface area contributed by atoms with Crippen LogP contribution in [0, 0.1) is 5.82 Å². The number of hydrogen-bond acceptors (Lipinski definition) is 3. The van der Waals surface area contributed by atoms with Crippen molar-refractivity contribution >= 4 is 5.91 Å². The smallest absolute Gasteiger partial charge is 0.257 e. The monoisotopic (exact) mass is 252 g/mol. The second kappa shape index (κ2) is 6.35. The highest BCUT2D eigenvalue weighted by molar-refractivity contribution is 5.77. The van der Waals surface area contributed by atoms with E-state index >= 15 is 0 Å². The third kappa shape index (κ3) is 3.70. The number of halogens is 1. The van der Waals surface area contributed by atoms with Crippen LogP contribution in [-0.4, -0.2) is 31.6 Å². The van der Waals surface area contributed by atoms with Crippen LogP contribution in [0.3, 0.4) is 0 Å². The summed E-state index contributed by atoms with van der Waals surface area (Å²) in [5.41, 5.74) is 0. The number of carbonyl (C=O) groups excluding carboxylic acids is 1. The van der Waals surface area contributed by atoms with Gasteiger partial charge in [0.05, 0.1) is 0 Å². The lowest BCUT2D eigenvalue weighted by molar-refractivity contribution is -0.123. The van der Waals surface area contributed by atoms with E-state index in [1.54, 1.807) is 12.1 Å². The highest BCUT2D eigenvalue weighted by Crippen LogP contribution is 2.14. The standard InChI is InChI=1S/C13H17FN2O2/c14-11-5-1-2-6-12(11)18-9-13(17)16-8-10-4-3-7-15-10/h1-2,5-6,10,15H,3-4,7-9H2,(H,16,17). The van der Waals surface area contributed by atoms with Crippen LogP contribution in [-0.2, 0) is 4.79 Å². The second-order valence-electron chi connectivity index (χ2n) is 4.32. The van der Waals surface area contributed by atoms with Crippen LogP contribution >= 0.6 is 0 Å². The Kier molecular flexibility index (Phi) is 4.52. The van der Waals surface area contributed by atoms with Crippen molar-refractivity contribution in [3.05, 3.63) is 30.1 Å². The van der Waals surface area contributed by atoms with Gasteiger partial charge in [-0.1, -0.05) is 12.1 Å². The Hall–Kier alpha value is -1.62. The van der Waals surface area contributed by atoms with Crippen molar-refractivity contribution in [3.63, 3.8) is 0 Å². The lowest BCUT2D eigenvalue weighted by atomic mass is 10.2. The minimum atomic E-state index is -0.456. The number of hydrogen-bond donors (Lipinski definition) is 2. The molecule has 2 N–H and O–H groups in total. The van der Waals surface area contributed by atoms with Crippen molar-refractivity contribution in [2.45, 2.75) is 18.9 Å². The molecule has 0 spiro atoms. The maximum atomic E-state index is 13.2. The molecule has 1 unspecified atom stereocenters. The molecule has 4 nitrogen and oxygen atoms in total. The number of rotatable bonds is 5. The van der Waals surface area contributed by atoms with E-state index in [1.165, 1.54) is 12.1 Å². The number of nitrogens with one attached hydrogen (secondary N) is 2. The van der Waals surface area contributed by atoms with Crippen LogP contribution in [0.2, 0.25) is 0 Å². The van der Waals surface area contributed by atoms with Crippen molar-refractivity contribution < 1.29 is 13.9 Å². The number of ether oxygens (including phenoxy) is 1. The van der Waals surface area contributed by atoms with Crippen LogP contribution in [0.5, 0.6) is 5.75 Å². The summed E-state index contributed by atoms with van der Waals surface area (Å²) in [6.45, 7) is 1.44. The molecule has 0 bridgehead atoms. The normalized spacial score (nSPS) is 18.6. The van der Waals surface area contributed by atoms with Gasteiger partial charge in [0.25, 0.3) is 5.91 Å². The fraction of sp³-hybridized carbons (Fsp3) is 0.462. The zero-order valence-corrected chi connectivity index (χ0v) is 10.1. The molecule has 1 aliphatic rings. The summed E-state index contributed by atoms with van der Waals surface area (Å²) in [4.78, 5) is 11.5. The van der Waals surface area contributed by atoms with E-state index in [0.717, 1.165) is 19.4 Å². The summed E-state index contributed by atoms with van der Waals surface area (Å²) in [6, 6.07) is 6.39. The van der Waals surface area contributed by atoms with Crippen molar-refractivity contribution in [3.8, 4) is 5.75 Å². The quantitative estimate of drug-likeness (QED) is 0.824. The van der Waals surface area contributed by atoms with Gasteiger partial charge in [-0.2, -0.15) is 0 Å². The maximum absolute atomic E-state index is 13.2. The molecule has 1 aliphatic heterocycles. The lowest BCUT2D eigenvalue weighted by Crippen LogP contribution is -2.39. The molecular formula is C13H17FN2O2. The molecule has 0 radical (unpaired) electrons. The van der Waals surface area contributed by atoms with Crippen molar-refractivity contribution in [2.24, 2.45) is 0 Å². The average molecular weight is 252 g/mol. The molecular weight excluding hydrogens is 235 g/mol. The van der Waals surface area contributed by atoms with E-state index in [-0.39, 0.29) is 18.3 Å². The van der Waals surface area contributed by atoms with Crippen molar-refractivity contribution in [1.82, 2.24) is 10.6 Å². The second-order valence-corrected chi connectivity index (χ2v) is 4.32. The molecule has 0 saturated carbocycles. The van der Waals surface area contributed by atoms with E-state index in [0.29, 0.717) is 12.6 Å². The molecule has 1 atom stereocenters. The number of para-hydroxylation sites is 1. The van der Waals surface area contributed by atoms with Gasteiger partial charge >= 0.3 is 0 Å². The summed E-state index contributed by atoms with van der Waals surface area (Å²) >= 11 is 0. The summed E-state index contributed by atoms with van der Waals surface area (Å²) in [5.74, 6) is -0.582. The molecule has 1 saturated heterocycles. The lowest BCUT2D eigenvalue weighted by Gasteiger charge is -2.12. The Balaban J connectivity index is 1.69. The van der Waals surface area contributed by atoms with Crippen LogP contribution in [0.1, 0.15) is 12.8 Å². The van der Waals surface area contributed by atoms with Gasteiger partial charge in [0.2, 0.25) is 0 Å². The van der Waals surface area contributed by atoms with E-state index in [2.05, 4.69) is 10.6 Å². The van der Waals surface area contributed by atoms with Crippen molar-refractivity contribution in [1.29, 1.82) is 0 Å². The summed E-state index contributed by atoms with van der Waals surface area (Å²) in [5, 5.41) is 6.04. The molecule has 1 amide bonds. The van der Waals surface area contributed by atoms with Gasteiger partial charge in [0.1, 0.15) is 0 Å². The van der Waals surface area contributed by atoms with Crippen LogP contribution in [0.15, 0.2) is 24.3 Å². The van der Waals surface area contributed by atoms with Crippen LogP contribution in [0.4, 0.5) is 4.39 Å². The molecule has 98 valence electrons. The molecule has 5 heteroatoms. The highest BCUT2D eigenvalue weighted by atomic mass is 19.1. The number of carbonyl (C=O) groups is 1. The first-order chi connectivity index (χ1) is 8.75. The van der Waals surface area contributed by atoms with Gasteiger partial charge in [-0.05, 0) is 31.5 Å². The fourth-order valence-corrected chi connectivity index (χ4v) is 1.92. The van der Waals surface area contributed by atoms with E-state index < -0.39 is 5.82 Å². The van der Waals surface area contributed by atoms with Crippen LogP contribution < -0.4 is 15.4 Å². The first-order valence-electron chi connectivity index (χ1n) is 6.13. The van der Waals surface area contributed by atoms with E-state index in [4.69, 9.17) is 4.74 Å². The van der Waals surface area contributed by atoms with Gasteiger partial charge in [0.15, 0.2) is 18.2 Å². The fourth-order valence-electron chi connectivity index (χ4n) is 1.92. The Labute approximate surface area is 106 Å². The summed E-state index contributed by atoms with van der Waals surface area (Å²) < 4.78 is 18.3. The number of benzene rings is 1. The van der Waals surface area contributed by atoms with Crippen LogP contribution in [0.25, 0.3) is 0 Å². The molecule has 0 aromatic heterocycles. The van der Waals surface area contributed by atoms with Gasteiger partial charge in [-0.15, -0.1) is 0 Å². The molecule has 1 heterocycles. The first-order valence-corrected chi connectivity index (χ1v) is 6.13. The molecule has 2 rings (SSSR count). The van der Waals surface area contributed by atoms with Gasteiger partial charge in [0, 0.05) is 12.6 Å². The van der Waals surface area contributed by atoms with Gasteiger partial charge in [-0.3, -0.25) is 4.79 Å². The molecule has 1 fully saturated rings. The minimum Gasteiger partial charge on any atom is -0.481 e. The topological polar surface area (TPSA) is 50.4 Å². The molecule has 0 aliphatic carbocycles. The van der Waals surface area contributed by atoms with E-state index in [9.17, 15) is 9.18 Å². The average Bonchev–Trinajstić information content (AvgIpc) is 2.88. The Bertz CT molecular complexity index is 406. The zero-order valence-electron chi connectivity index (χ0n) is 10.1. The molecule has 18 heavy (non-hydrogen) atoms. The largest absolute Gasteiger partial charge is 0.481 e. The zero-order chi connectivity index (χ0) is 12.8. The van der Waals surface area contributed by atoms with Gasteiger partial charge < -0.3 is 15.4 Å². The summed E-state index contributed by atoms with van der Waals surface area (Å²) in [6.07, 6.45) is 2.22. The van der Waals surface area contributed by atoms with E-state index in [1.807, 2.05) is 0 Å². The summed E-state index contributed by atoms with van der Waals surface area (Å²) in [7, 11) is 0. The first kappa shape index (κ1) is 12.8. The van der Waals surface area contributed by atoms with Crippen molar-refractivity contribution in [2.75, 3.05) is 19.7 Å². The predicted octanol–water partition coefficient (Wildman–Crippen LogP) is 1.07. The SMILES string of the molecule is O=C(COc1ccccc1F)NCC1CCCN1. The highest BCUT2D eigenvalue weighted by Gasteiger charge is 2.14. The Morgan fingerprint density at radius 3 is 3.06 bits per heavy atom. The molecule has 1 aromatic carbocycles. The Morgan fingerprint density at radius 2 is 2.33 bits per heavy atom. The third-order valence-corrected chi connectivity index (χ3v) is 2.90. The molecule has 1 aromatic rings. The van der Waals surface area contributed by atoms with Gasteiger partial charge in [-0.25, -0.2) is 4.39 Å².